The molecule has 1 aliphatic rings. The minimum atomic E-state index is -0.127. The molecule has 1 saturated heterocycles. The van der Waals surface area contributed by atoms with Crippen LogP contribution in [0.4, 0.5) is 0 Å². The highest BCUT2D eigenvalue weighted by Gasteiger charge is 2.35. The third kappa shape index (κ3) is 3.87. The van der Waals surface area contributed by atoms with E-state index in [2.05, 4.69) is 29.9 Å². The van der Waals surface area contributed by atoms with E-state index in [1.165, 1.54) is 32.2 Å². The molecule has 0 aromatic carbocycles. The maximum absolute atomic E-state index is 5.92. The summed E-state index contributed by atoms with van der Waals surface area (Å²) in [5.41, 5.74) is 0. The monoisotopic (exact) mass is 230 g/mol. The van der Waals surface area contributed by atoms with Crippen LogP contribution in [0.5, 0.6) is 0 Å². The van der Waals surface area contributed by atoms with Gasteiger partial charge in [0.1, 0.15) is 0 Å². The van der Waals surface area contributed by atoms with E-state index >= 15 is 0 Å². The average Bonchev–Trinajstić information content (AvgIpc) is 2.23. The van der Waals surface area contributed by atoms with Crippen LogP contribution >= 0.6 is 0 Å². The summed E-state index contributed by atoms with van der Waals surface area (Å²) in [5.74, 6) is 0. The predicted molar refractivity (Wildman–Crippen MR) is 67.2 cm³/mol. The number of ether oxygens (including phenoxy) is 1. The molecule has 1 unspecified atom stereocenters. The zero-order valence-corrected chi connectivity index (χ0v) is 12.0. The Kier molecular flexibility index (Phi) is 6.48. The van der Waals surface area contributed by atoms with Gasteiger partial charge >= 0.3 is 0 Å². The summed E-state index contributed by atoms with van der Waals surface area (Å²) >= 11 is 0. The third-order valence-electron chi connectivity index (χ3n) is 2.96. The standard InChI is InChI=1S/C11H26N2OSi/c1-4-7-9-13-11(12(6-3)15-13)14-10-8-5-2/h11H,4-10,15H2,1-3H3. The van der Waals surface area contributed by atoms with Crippen molar-refractivity contribution in [3.63, 3.8) is 0 Å². The van der Waals surface area contributed by atoms with E-state index in [-0.39, 0.29) is 9.84 Å². The predicted octanol–water partition coefficient (Wildman–Crippen LogP) is 1.52. The Morgan fingerprint density at radius 3 is 2.40 bits per heavy atom. The number of rotatable bonds is 8. The highest BCUT2D eigenvalue weighted by Crippen LogP contribution is 2.18. The van der Waals surface area contributed by atoms with Gasteiger partial charge in [0.25, 0.3) is 0 Å². The molecule has 0 radical (unpaired) electrons. The van der Waals surface area contributed by atoms with E-state index in [0.29, 0.717) is 6.35 Å². The highest BCUT2D eigenvalue weighted by molar-refractivity contribution is 6.31. The highest BCUT2D eigenvalue weighted by atomic mass is 28.2. The van der Waals surface area contributed by atoms with E-state index in [0.717, 1.165) is 13.2 Å². The summed E-state index contributed by atoms with van der Waals surface area (Å²) in [6.45, 7) is 10.0. The van der Waals surface area contributed by atoms with Gasteiger partial charge in [-0.15, -0.1) is 0 Å². The van der Waals surface area contributed by atoms with Crippen LogP contribution in [-0.2, 0) is 4.74 Å². The molecule has 0 spiro atoms. The van der Waals surface area contributed by atoms with Crippen molar-refractivity contribution in [2.45, 2.75) is 52.8 Å². The molecule has 3 nitrogen and oxygen atoms in total. The van der Waals surface area contributed by atoms with Gasteiger partial charge in [0.05, 0.1) is 6.61 Å². The fraction of sp³-hybridized carbons (Fsp3) is 1.00. The van der Waals surface area contributed by atoms with Gasteiger partial charge in [-0.05, 0) is 25.9 Å². The zero-order chi connectivity index (χ0) is 11.1. The second-order valence-electron chi connectivity index (χ2n) is 4.26. The van der Waals surface area contributed by atoms with Gasteiger partial charge in [-0.25, -0.2) is 0 Å². The van der Waals surface area contributed by atoms with Crippen LogP contribution in [0.2, 0.25) is 0 Å². The van der Waals surface area contributed by atoms with Crippen LogP contribution in [0.1, 0.15) is 46.5 Å². The average molecular weight is 230 g/mol. The van der Waals surface area contributed by atoms with E-state index in [4.69, 9.17) is 4.74 Å². The van der Waals surface area contributed by atoms with Crippen LogP contribution in [0, 0.1) is 0 Å². The SMILES string of the molecule is CCCCOC1N(CC)[SiH2]N1CCCC. The smallest absolute Gasteiger partial charge is 0.179 e. The molecule has 0 bridgehead atoms. The van der Waals surface area contributed by atoms with Gasteiger partial charge in [-0.1, -0.05) is 33.6 Å². The van der Waals surface area contributed by atoms with Crippen molar-refractivity contribution in [1.82, 2.24) is 9.13 Å². The van der Waals surface area contributed by atoms with Crippen molar-refractivity contribution in [3.8, 4) is 0 Å². The topological polar surface area (TPSA) is 15.7 Å². The lowest BCUT2D eigenvalue weighted by Crippen LogP contribution is -2.67. The second kappa shape index (κ2) is 7.38. The number of nitrogens with zero attached hydrogens (tertiary/aromatic N) is 2. The summed E-state index contributed by atoms with van der Waals surface area (Å²) < 4.78 is 11.0. The molecule has 4 heteroatoms. The first-order valence-corrected chi connectivity index (χ1v) is 7.69. The zero-order valence-electron chi connectivity index (χ0n) is 10.5. The van der Waals surface area contributed by atoms with E-state index < -0.39 is 0 Å². The Bertz CT molecular complexity index is 167. The van der Waals surface area contributed by atoms with Crippen molar-refractivity contribution in [2.24, 2.45) is 0 Å². The minimum absolute atomic E-state index is 0.127. The number of unbranched alkanes of at least 4 members (excludes halogenated alkanes) is 2. The molecule has 0 aliphatic carbocycles. The molecule has 15 heavy (non-hydrogen) atoms. The lowest BCUT2D eigenvalue weighted by molar-refractivity contribution is -0.133. The van der Waals surface area contributed by atoms with Crippen molar-refractivity contribution >= 4 is 9.84 Å². The van der Waals surface area contributed by atoms with Crippen LogP contribution in [0.3, 0.4) is 0 Å². The number of hydrogen-bond acceptors (Lipinski definition) is 3. The Labute approximate surface area is 96.8 Å². The van der Waals surface area contributed by atoms with Gasteiger partial charge in [-0.3, -0.25) is 9.13 Å². The van der Waals surface area contributed by atoms with E-state index in [1.807, 2.05) is 0 Å². The van der Waals surface area contributed by atoms with Crippen molar-refractivity contribution in [2.75, 3.05) is 19.7 Å². The molecular formula is C11H26N2OSi. The molecule has 0 amide bonds. The molecule has 1 fully saturated rings. The van der Waals surface area contributed by atoms with Crippen LogP contribution in [0.25, 0.3) is 0 Å². The Morgan fingerprint density at radius 2 is 1.80 bits per heavy atom. The summed E-state index contributed by atoms with van der Waals surface area (Å²) in [4.78, 5) is 0. The van der Waals surface area contributed by atoms with Crippen LogP contribution < -0.4 is 0 Å². The molecule has 0 N–H and O–H groups in total. The maximum atomic E-state index is 5.92. The lowest BCUT2D eigenvalue weighted by Gasteiger charge is -2.49. The summed E-state index contributed by atoms with van der Waals surface area (Å²) in [6, 6.07) is 0. The molecule has 1 heterocycles. The molecule has 90 valence electrons. The maximum Gasteiger partial charge on any atom is 0.179 e. The fourth-order valence-electron chi connectivity index (χ4n) is 1.85. The molecular weight excluding hydrogens is 204 g/mol. The van der Waals surface area contributed by atoms with Gasteiger partial charge in [0, 0.05) is 0 Å². The quantitative estimate of drug-likeness (QED) is 0.464. The molecule has 0 aromatic rings. The molecule has 1 aliphatic heterocycles. The Balaban J connectivity index is 2.21. The van der Waals surface area contributed by atoms with Crippen molar-refractivity contribution < 1.29 is 4.74 Å². The number of hydrogen-bond donors (Lipinski definition) is 0. The fourth-order valence-corrected chi connectivity index (χ4v) is 3.53. The van der Waals surface area contributed by atoms with Gasteiger partial charge in [-0.2, -0.15) is 0 Å². The molecule has 1 atom stereocenters. The summed E-state index contributed by atoms with van der Waals surface area (Å²) in [6.07, 6.45) is 5.36. The van der Waals surface area contributed by atoms with Crippen molar-refractivity contribution in [1.29, 1.82) is 0 Å². The lowest BCUT2D eigenvalue weighted by atomic mass is 10.3. The minimum Gasteiger partial charge on any atom is -0.351 e. The van der Waals surface area contributed by atoms with Crippen LogP contribution in [-0.4, -0.2) is 45.0 Å². The first-order valence-electron chi connectivity index (χ1n) is 6.43. The van der Waals surface area contributed by atoms with E-state index in [1.54, 1.807) is 0 Å². The van der Waals surface area contributed by atoms with E-state index in [9.17, 15) is 0 Å². The first kappa shape index (κ1) is 13.2. The summed E-state index contributed by atoms with van der Waals surface area (Å²) in [5, 5.41) is 0. The molecule has 0 aromatic heterocycles. The second-order valence-corrected chi connectivity index (χ2v) is 6.17. The van der Waals surface area contributed by atoms with Gasteiger partial charge in [0.2, 0.25) is 0 Å². The molecule has 0 saturated carbocycles. The normalized spacial score (nSPS) is 24.6. The Hall–Kier alpha value is 0.0969. The van der Waals surface area contributed by atoms with Gasteiger partial charge < -0.3 is 4.74 Å². The Morgan fingerprint density at radius 1 is 1.07 bits per heavy atom. The molecule has 1 rings (SSSR count). The summed E-state index contributed by atoms with van der Waals surface area (Å²) in [7, 11) is -0.127. The third-order valence-corrected chi connectivity index (χ3v) is 5.07. The van der Waals surface area contributed by atoms with Crippen molar-refractivity contribution in [3.05, 3.63) is 0 Å². The van der Waals surface area contributed by atoms with Gasteiger partial charge in [0.15, 0.2) is 16.2 Å². The van der Waals surface area contributed by atoms with Crippen LogP contribution in [0.15, 0.2) is 0 Å². The first-order chi connectivity index (χ1) is 7.33. The largest absolute Gasteiger partial charge is 0.351 e.